The van der Waals surface area contributed by atoms with E-state index < -0.39 is 0 Å². The fourth-order valence-electron chi connectivity index (χ4n) is 1.30. The zero-order chi connectivity index (χ0) is 11.3. The predicted octanol–water partition coefficient (Wildman–Crippen LogP) is 0.768. The Balaban J connectivity index is 2.78. The summed E-state index contributed by atoms with van der Waals surface area (Å²) in [7, 11) is 0. The van der Waals surface area contributed by atoms with Gasteiger partial charge in [0.1, 0.15) is 4.60 Å². The summed E-state index contributed by atoms with van der Waals surface area (Å²) in [5, 5.41) is 20.9. The van der Waals surface area contributed by atoms with Gasteiger partial charge in [-0.15, -0.1) is 0 Å². The van der Waals surface area contributed by atoms with E-state index in [4.69, 9.17) is 5.11 Å². The Morgan fingerprint density at radius 1 is 1.53 bits per heavy atom. The van der Waals surface area contributed by atoms with Crippen LogP contribution in [0.5, 0.6) is 0 Å². The molecule has 0 saturated carbocycles. The summed E-state index contributed by atoms with van der Waals surface area (Å²) in [6, 6.07) is 1.79. The van der Waals surface area contributed by atoms with Crippen LogP contribution in [0.2, 0.25) is 0 Å². The molecule has 0 radical (unpaired) electrons. The van der Waals surface area contributed by atoms with Crippen molar-refractivity contribution < 1.29 is 10.2 Å². The van der Waals surface area contributed by atoms with Gasteiger partial charge in [-0.1, -0.05) is 6.07 Å². The van der Waals surface area contributed by atoms with Gasteiger partial charge in [-0.3, -0.25) is 0 Å². The lowest BCUT2D eigenvalue weighted by Gasteiger charge is -2.16. The Hall–Kier alpha value is -0.490. The molecule has 0 aliphatic rings. The molecule has 0 amide bonds. The minimum Gasteiger partial charge on any atom is -0.395 e. The van der Waals surface area contributed by atoms with Crippen molar-refractivity contribution in [2.75, 3.05) is 19.8 Å². The average molecular weight is 275 g/mol. The largest absolute Gasteiger partial charge is 0.395 e. The summed E-state index contributed by atoms with van der Waals surface area (Å²) in [5.74, 6) is 0. The molecule has 0 spiro atoms. The van der Waals surface area contributed by atoms with Crippen molar-refractivity contribution in [1.29, 1.82) is 0 Å². The maximum atomic E-state index is 9.18. The molecule has 1 heterocycles. The zero-order valence-electron chi connectivity index (χ0n) is 8.57. The van der Waals surface area contributed by atoms with E-state index in [2.05, 4.69) is 26.2 Å². The fraction of sp³-hybridized carbons (Fsp3) is 0.500. The van der Waals surface area contributed by atoms with E-state index in [-0.39, 0.29) is 19.3 Å². The average Bonchev–Trinajstić information content (AvgIpc) is 2.24. The Kier molecular flexibility index (Phi) is 5.17. The first-order valence-electron chi connectivity index (χ1n) is 4.76. The number of hydrogen-bond acceptors (Lipinski definition) is 4. The van der Waals surface area contributed by atoms with Crippen molar-refractivity contribution >= 4 is 15.9 Å². The van der Waals surface area contributed by atoms with Crippen LogP contribution >= 0.6 is 15.9 Å². The van der Waals surface area contributed by atoms with Gasteiger partial charge in [0, 0.05) is 12.7 Å². The molecular weight excluding hydrogens is 260 g/mol. The van der Waals surface area contributed by atoms with Gasteiger partial charge < -0.3 is 15.5 Å². The van der Waals surface area contributed by atoms with Gasteiger partial charge in [-0.2, -0.15) is 0 Å². The van der Waals surface area contributed by atoms with Crippen LogP contribution in [-0.4, -0.2) is 35.0 Å². The molecule has 1 rings (SSSR count). The topological polar surface area (TPSA) is 65.4 Å². The van der Waals surface area contributed by atoms with Crippen molar-refractivity contribution in [3.63, 3.8) is 0 Å². The molecule has 0 unspecified atom stereocenters. The van der Waals surface area contributed by atoms with Crippen LogP contribution in [0.15, 0.2) is 16.9 Å². The molecule has 0 bridgehead atoms. The zero-order valence-corrected chi connectivity index (χ0v) is 10.2. The molecule has 84 valence electrons. The lowest BCUT2D eigenvalue weighted by molar-refractivity contribution is 0.227. The second kappa shape index (κ2) is 6.17. The number of hydrogen-bond donors (Lipinski definition) is 3. The standard InChI is InChI=1S/C10H15BrN2O2/c1-7-4-8(5-13-10(7)11)9(6-15)12-2-3-14/h4-5,9,12,14-15H,2-3,6H2,1H3/t9-/m1/s1. The maximum absolute atomic E-state index is 9.18. The molecule has 0 aliphatic carbocycles. The van der Waals surface area contributed by atoms with E-state index in [1.165, 1.54) is 0 Å². The minimum absolute atomic E-state index is 0.0112. The quantitative estimate of drug-likeness (QED) is 0.694. The summed E-state index contributed by atoms with van der Waals surface area (Å²) < 4.78 is 0.810. The normalized spacial score (nSPS) is 12.8. The minimum atomic E-state index is -0.170. The third kappa shape index (κ3) is 3.53. The highest BCUT2D eigenvalue weighted by Crippen LogP contribution is 2.18. The number of aryl methyl sites for hydroxylation is 1. The SMILES string of the molecule is Cc1cc([C@@H](CO)NCCO)cnc1Br. The summed E-state index contributed by atoms with van der Waals surface area (Å²) in [6.45, 7) is 2.45. The van der Waals surface area contributed by atoms with E-state index in [9.17, 15) is 5.11 Å². The van der Waals surface area contributed by atoms with Crippen LogP contribution in [0.3, 0.4) is 0 Å². The number of aromatic nitrogens is 1. The van der Waals surface area contributed by atoms with E-state index in [1.807, 2.05) is 13.0 Å². The van der Waals surface area contributed by atoms with Crippen molar-refractivity contribution in [2.24, 2.45) is 0 Å². The molecule has 0 aromatic carbocycles. The van der Waals surface area contributed by atoms with E-state index >= 15 is 0 Å². The van der Waals surface area contributed by atoms with Gasteiger partial charge in [0.15, 0.2) is 0 Å². The van der Waals surface area contributed by atoms with Crippen LogP contribution in [-0.2, 0) is 0 Å². The van der Waals surface area contributed by atoms with Crippen LogP contribution < -0.4 is 5.32 Å². The van der Waals surface area contributed by atoms with Crippen molar-refractivity contribution in [3.05, 3.63) is 28.0 Å². The Morgan fingerprint density at radius 3 is 2.80 bits per heavy atom. The summed E-state index contributed by atoms with van der Waals surface area (Å²) >= 11 is 3.32. The number of nitrogens with one attached hydrogen (secondary N) is 1. The molecule has 1 atom stereocenters. The van der Waals surface area contributed by atoms with E-state index in [0.29, 0.717) is 6.54 Å². The number of pyridine rings is 1. The number of aliphatic hydroxyl groups is 2. The second-order valence-corrected chi connectivity index (χ2v) is 4.04. The smallest absolute Gasteiger partial charge is 0.108 e. The molecule has 3 N–H and O–H groups in total. The fourth-order valence-corrected chi connectivity index (χ4v) is 1.51. The third-order valence-electron chi connectivity index (χ3n) is 2.12. The first kappa shape index (κ1) is 12.6. The second-order valence-electron chi connectivity index (χ2n) is 3.29. The van der Waals surface area contributed by atoms with Crippen molar-refractivity contribution in [3.8, 4) is 0 Å². The molecule has 5 heteroatoms. The predicted molar refractivity (Wildman–Crippen MR) is 61.6 cm³/mol. The summed E-state index contributed by atoms with van der Waals surface area (Å²) in [4.78, 5) is 4.16. The molecular formula is C10H15BrN2O2. The third-order valence-corrected chi connectivity index (χ3v) is 2.95. The lowest BCUT2D eigenvalue weighted by Crippen LogP contribution is -2.27. The molecule has 15 heavy (non-hydrogen) atoms. The highest BCUT2D eigenvalue weighted by Gasteiger charge is 2.10. The van der Waals surface area contributed by atoms with Gasteiger partial charge in [-0.25, -0.2) is 4.98 Å². The van der Waals surface area contributed by atoms with Gasteiger partial charge in [-0.05, 0) is 34.0 Å². The summed E-state index contributed by atoms with van der Waals surface area (Å²) in [5.41, 5.74) is 1.95. The molecule has 0 fully saturated rings. The monoisotopic (exact) mass is 274 g/mol. The number of rotatable bonds is 5. The van der Waals surface area contributed by atoms with Crippen LogP contribution in [0.4, 0.5) is 0 Å². The first-order valence-corrected chi connectivity index (χ1v) is 5.55. The molecule has 0 aliphatic heterocycles. The van der Waals surface area contributed by atoms with E-state index in [1.54, 1.807) is 6.20 Å². The summed E-state index contributed by atoms with van der Waals surface area (Å²) in [6.07, 6.45) is 1.71. The maximum Gasteiger partial charge on any atom is 0.108 e. The molecule has 1 aromatic rings. The molecule has 4 nitrogen and oxygen atoms in total. The van der Waals surface area contributed by atoms with Crippen LogP contribution in [0.1, 0.15) is 17.2 Å². The van der Waals surface area contributed by atoms with Gasteiger partial charge >= 0.3 is 0 Å². The highest BCUT2D eigenvalue weighted by molar-refractivity contribution is 9.10. The van der Waals surface area contributed by atoms with Crippen molar-refractivity contribution in [1.82, 2.24) is 10.3 Å². The highest BCUT2D eigenvalue weighted by atomic mass is 79.9. The first-order chi connectivity index (χ1) is 7.19. The number of nitrogens with zero attached hydrogens (tertiary/aromatic N) is 1. The number of aliphatic hydroxyl groups excluding tert-OH is 2. The molecule has 0 saturated heterocycles. The Bertz CT molecular complexity index is 320. The Labute approximate surface area is 97.5 Å². The van der Waals surface area contributed by atoms with Gasteiger partial charge in [0.25, 0.3) is 0 Å². The lowest BCUT2D eigenvalue weighted by atomic mass is 10.1. The van der Waals surface area contributed by atoms with Gasteiger partial charge in [0.05, 0.1) is 19.3 Å². The Morgan fingerprint density at radius 2 is 2.27 bits per heavy atom. The van der Waals surface area contributed by atoms with Crippen LogP contribution in [0, 0.1) is 6.92 Å². The molecule has 1 aromatic heterocycles. The van der Waals surface area contributed by atoms with E-state index in [0.717, 1.165) is 15.7 Å². The van der Waals surface area contributed by atoms with Gasteiger partial charge in [0.2, 0.25) is 0 Å². The van der Waals surface area contributed by atoms with Crippen LogP contribution in [0.25, 0.3) is 0 Å². The number of halogens is 1. The van der Waals surface area contributed by atoms with Crippen molar-refractivity contribution in [2.45, 2.75) is 13.0 Å².